The quantitative estimate of drug-likeness (QED) is 0.418. The monoisotopic (exact) mass is 449 g/mol. The molecular weight excluding hydrogens is 428 g/mol. The van der Waals surface area contributed by atoms with Crippen LogP contribution in [0.5, 0.6) is 0 Å². The zero-order chi connectivity index (χ0) is 22.8. The lowest BCUT2D eigenvalue weighted by Crippen LogP contribution is -2.39. The summed E-state index contributed by atoms with van der Waals surface area (Å²) in [4.78, 5) is 19.1. The minimum absolute atomic E-state index is 0.0321. The van der Waals surface area contributed by atoms with Crippen LogP contribution in [0.25, 0.3) is 11.3 Å². The number of benzene rings is 2. The van der Waals surface area contributed by atoms with Gasteiger partial charge in [0.25, 0.3) is 5.91 Å². The van der Waals surface area contributed by atoms with E-state index in [9.17, 15) is 13.6 Å². The highest BCUT2D eigenvalue weighted by atomic mass is 19.1. The molecule has 0 radical (unpaired) electrons. The van der Waals surface area contributed by atoms with Crippen LogP contribution >= 0.6 is 0 Å². The number of likely N-dealkylation sites (tertiary alicyclic amines) is 1. The Morgan fingerprint density at radius 1 is 1.09 bits per heavy atom. The molecule has 2 aromatic heterocycles. The molecule has 1 aliphatic heterocycles. The van der Waals surface area contributed by atoms with E-state index in [1.807, 2.05) is 0 Å². The molecule has 4 aromatic rings. The Morgan fingerprint density at radius 2 is 1.94 bits per heavy atom. The molecule has 0 bridgehead atoms. The van der Waals surface area contributed by atoms with E-state index in [1.165, 1.54) is 30.3 Å². The van der Waals surface area contributed by atoms with Gasteiger partial charge in [0, 0.05) is 31.1 Å². The molecule has 6 nitrogen and oxygen atoms in total. The van der Waals surface area contributed by atoms with Crippen LogP contribution in [0.3, 0.4) is 0 Å². The molecule has 168 valence electrons. The van der Waals surface area contributed by atoms with Gasteiger partial charge in [0.15, 0.2) is 5.89 Å². The number of hydrogen-bond donors (Lipinski definition) is 0. The van der Waals surface area contributed by atoms with Gasteiger partial charge >= 0.3 is 0 Å². The zero-order valence-electron chi connectivity index (χ0n) is 17.7. The van der Waals surface area contributed by atoms with Crippen LogP contribution in [-0.2, 0) is 6.42 Å². The Labute approximate surface area is 188 Å². The van der Waals surface area contributed by atoms with Gasteiger partial charge in [-0.2, -0.15) is 0 Å². The number of rotatable bonds is 5. The molecule has 1 saturated heterocycles. The van der Waals surface area contributed by atoms with Gasteiger partial charge in [0.2, 0.25) is 5.76 Å². The molecule has 0 spiro atoms. The molecule has 0 saturated carbocycles. The zero-order valence-corrected chi connectivity index (χ0v) is 17.7. The molecule has 1 atom stereocenters. The van der Waals surface area contributed by atoms with Crippen molar-refractivity contribution in [1.29, 1.82) is 0 Å². The summed E-state index contributed by atoms with van der Waals surface area (Å²) < 4.78 is 37.8. The molecule has 2 aromatic carbocycles. The fourth-order valence-corrected chi connectivity index (χ4v) is 4.08. The minimum atomic E-state index is -0.382. The van der Waals surface area contributed by atoms with Crippen molar-refractivity contribution >= 4 is 5.91 Å². The minimum Gasteiger partial charge on any atom is -0.445 e. The summed E-state index contributed by atoms with van der Waals surface area (Å²) in [7, 11) is 0. The molecule has 1 amide bonds. The fraction of sp³-hybridized carbons (Fsp3) is 0.240. The van der Waals surface area contributed by atoms with Crippen LogP contribution < -0.4 is 0 Å². The Morgan fingerprint density at radius 3 is 2.76 bits per heavy atom. The molecule has 0 N–H and O–H groups in total. The van der Waals surface area contributed by atoms with E-state index in [1.54, 1.807) is 35.4 Å². The SMILES string of the molecule is O=C(c1cc(-c2cccc(F)c2)no1)N1CCC[C@@H](c2ncc(Cc3ccc(F)cc3)o2)C1. The summed E-state index contributed by atoms with van der Waals surface area (Å²) in [6.07, 6.45) is 3.85. The van der Waals surface area contributed by atoms with Gasteiger partial charge in [0.05, 0.1) is 12.1 Å². The summed E-state index contributed by atoms with van der Waals surface area (Å²) in [5.74, 6) is 0.422. The van der Waals surface area contributed by atoms with E-state index in [4.69, 9.17) is 8.94 Å². The predicted molar refractivity (Wildman–Crippen MR) is 115 cm³/mol. The second-order valence-corrected chi connectivity index (χ2v) is 8.15. The highest BCUT2D eigenvalue weighted by Crippen LogP contribution is 2.29. The third-order valence-electron chi connectivity index (χ3n) is 5.76. The molecule has 5 rings (SSSR count). The molecular formula is C25H21F2N3O3. The summed E-state index contributed by atoms with van der Waals surface area (Å²) in [6, 6.07) is 13.8. The predicted octanol–water partition coefficient (Wildman–Crippen LogP) is 5.22. The number of hydrogen-bond acceptors (Lipinski definition) is 5. The van der Waals surface area contributed by atoms with E-state index in [2.05, 4.69) is 10.1 Å². The first-order valence-electron chi connectivity index (χ1n) is 10.8. The van der Waals surface area contributed by atoms with Crippen LogP contribution in [0, 0.1) is 11.6 Å². The summed E-state index contributed by atoms with van der Waals surface area (Å²) in [6.45, 7) is 1.04. The van der Waals surface area contributed by atoms with Crippen molar-refractivity contribution in [1.82, 2.24) is 15.0 Å². The highest BCUT2D eigenvalue weighted by Gasteiger charge is 2.30. The second-order valence-electron chi connectivity index (χ2n) is 8.15. The number of piperidine rings is 1. The topological polar surface area (TPSA) is 72.4 Å². The van der Waals surface area contributed by atoms with Crippen LogP contribution in [0.4, 0.5) is 8.78 Å². The molecule has 0 aliphatic carbocycles. The Bertz CT molecular complexity index is 1270. The number of carbonyl (C=O) groups is 1. The van der Waals surface area contributed by atoms with Crippen molar-refractivity contribution in [3.05, 3.63) is 95.4 Å². The summed E-state index contributed by atoms with van der Waals surface area (Å²) in [5, 5.41) is 3.93. The number of oxazole rings is 1. The maximum Gasteiger partial charge on any atom is 0.292 e. The van der Waals surface area contributed by atoms with Gasteiger partial charge < -0.3 is 13.8 Å². The van der Waals surface area contributed by atoms with Crippen molar-refractivity contribution < 1.29 is 22.5 Å². The first-order valence-corrected chi connectivity index (χ1v) is 10.8. The van der Waals surface area contributed by atoms with Gasteiger partial charge in [0.1, 0.15) is 23.1 Å². The number of aromatic nitrogens is 2. The summed E-state index contributed by atoms with van der Waals surface area (Å²) >= 11 is 0. The summed E-state index contributed by atoms with van der Waals surface area (Å²) in [5.41, 5.74) is 1.88. The van der Waals surface area contributed by atoms with Crippen molar-refractivity contribution in [2.75, 3.05) is 13.1 Å². The van der Waals surface area contributed by atoms with Crippen molar-refractivity contribution in [2.24, 2.45) is 0 Å². The Kier molecular flexibility index (Phi) is 5.73. The third-order valence-corrected chi connectivity index (χ3v) is 5.76. The van der Waals surface area contributed by atoms with E-state index < -0.39 is 0 Å². The molecule has 0 unspecified atom stereocenters. The number of carbonyl (C=O) groups excluding carboxylic acids is 1. The van der Waals surface area contributed by atoms with Crippen LogP contribution in [-0.4, -0.2) is 34.0 Å². The average molecular weight is 449 g/mol. The Hall–Kier alpha value is -3.81. The standard InChI is InChI=1S/C25H21F2N3O3/c26-19-8-6-16(7-9-19)11-21-14-28-24(32-21)18-4-2-10-30(15-18)25(31)23-13-22(29-33-23)17-3-1-5-20(27)12-17/h1,3,5-9,12-14,18H,2,4,10-11,15H2/t18-/m1/s1. The lowest BCUT2D eigenvalue weighted by molar-refractivity contribution is 0.0656. The molecule has 1 aliphatic rings. The number of amides is 1. The first-order chi connectivity index (χ1) is 16.0. The van der Waals surface area contributed by atoms with Crippen LogP contribution in [0.15, 0.2) is 69.7 Å². The molecule has 33 heavy (non-hydrogen) atoms. The van der Waals surface area contributed by atoms with Gasteiger partial charge in [-0.05, 0) is 42.7 Å². The fourth-order valence-electron chi connectivity index (χ4n) is 4.08. The van der Waals surface area contributed by atoms with Crippen LogP contribution in [0.2, 0.25) is 0 Å². The lowest BCUT2D eigenvalue weighted by Gasteiger charge is -2.30. The number of halogens is 2. The van der Waals surface area contributed by atoms with E-state index in [0.29, 0.717) is 42.4 Å². The molecule has 8 heteroatoms. The van der Waals surface area contributed by atoms with E-state index in [-0.39, 0.29) is 29.2 Å². The van der Waals surface area contributed by atoms with Gasteiger partial charge in [-0.1, -0.05) is 29.4 Å². The Balaban J connectivity index is 1.26. The average Bonchev–Trinajstić information content (AvgIpc) is 3.51. The van der Waals surface area contributed by atoms with E-state index in [0.717, 1.165) is 18.4 Å². The second kappa shape index (κ2) is 8.97. The van der Waals surface area contributed by atoms with Gasteiger partial charge in [-0.25, -0.2) is 13.8 Å². The van der Waals surface area contributed by atoms with Gasteiger partial charge in [-0.3, -0.25) is 4.79 Å². The largest absolute Gasteiger partial charge is 0.445 e. The lowest BCUT2D eigenvalue weighted by atomic mass is 9.98. The smallest absolute Gasteiger partial charge is 0.292 e. The molecule has 1 fully saturated rings. The highest BCUT2D eigenvalue weighted by molar-refractivity contribution is 5.92. The normalized spacial score (nSPS) is 16.2. The van der Waals surface area contributed by atoms with Crippen LogP contribution in [0.1, 0.15) is 46.5 Å². The molecule has 3 heterocycles. The van der Waals surface area contributed by atoms with Crippen molar-refractivity contribution in [3.63, 3.8) is 0 Å². The van der Waals surface area contributed by atoms with Crippen molar-refractivity contribution in [2.45, 2.75) is 25.2 Å². The van der Waals surface area contributed by atoms with Crippen molar-refractivity contribution in [3.8, 4) is 11.3 Å². The maximum atomic E-state index is 13.5. The number of nitrogens with zero attached hydrogens (tertiary/aromatic N) is 3. The van der Waals surface area contributed by atoms with E-state index >= 15 is 0 Å². The maximum absolute atomic E-state index is 13.5. The third kappa shape index (κ3) is 4.69. The first kappa shape index (κ1) is 21.1. The van der Waals surface area contributed by atoms with Gasteiger partial charge in [-0.15, -0.1) is 0 Å².